The van der Waals surface area contributed by atoms with Crippen LogP contribution in [0.25, 0.3) is 0 Å². The van der Waals surface area contributed by atoms with Crippen LogP contribution < -0.4 is 0 Å². The molecule has 0 saturated carbocycles. The Bertz CT molecular complexity index is 18.8. The van der Waals surface area contributed by atoms with E-state index in [2.05, 4.69) is 6.57 Å². The van der Waals surface area contributed by atoms with Gasteiger partial charge in [-0.15, -0.1) is 0 Å². The van der Waals surface area contributed by atoms with Crippen molar-refractivity contribution in [2.24, 2.45) is 0 Å². The van der Waals surface area contributed by atoms with Gasteiger partial charge >= 0.3 is 0 Å². The minimum absolute atomic E-state index is 2.00. The van der Waals surface area contributed by atoms with E-state index in [1.54, 1.807) is 0 Å². The third-order valence-corrected chi connectivity index (χ3v) is 0. The topological polar surface area (TPSA) is 40.9 Å². The zero-order chi connectivity index (χ0) is 6.00. The normalized spacial score (nSPS) is 2.00. The van der Waals surface area contributed by atoms with E-state index in [4.69, 9.17) is 10.1 Å². The van der Waals surface area contributed by atoms with E-state index in [-0.39, 0.29) is 0 Å². The van der Waals surface area contributed by atoms with Crippen molar-refractivity contribution in [1.82, 2.24) is 0 Å². The molecular weight excluding hydrogens is 78.0 g/mol. The molecule has 0 aliphatic rings. The zero-order valence-corrected chi connectivity index (χ0v) is 4.14. The van der Waals surface area contributed by atoms with Crippen LogP contribution in [0.4, 0.5) is 0 Å². The largest absolute Gasteiger partial charge is 0.307 e. The molecule has 6 heavy (non-hydrogen) atoms. The van der Waals surface area contributed by atoms with Gasteiger partial charge < -0.3 is 4.79 Å². The Hall–Kier alpha value is -0.840. The van der Waals surface area contributed by atoms with Gasteiger partial charge in [0.25, 0.3) is 0 Å². The van der Waals surface area contributed by atoms with Crippen molar-refractivity contribution in [2.45, 2.75) is 13.8 Å². The molecule has 2 nitrogen and oxygen atoms in total. The molecule has 0 radical (unpaired) electrons. The predicted octanol–water partition coefficient (Wildman–Crippen LogP) is 0.981. The fourth-order valence-electron chi connectivity index (χ4n) is 0. The first-order valence-electron chi connectivity index (χ1n) is 1.55. The molecule has 0 amide bonds. The van der Waals surface area contributed by atoms with Crippen LogP contribution >= 0.6 is 0 Å². The number of hydrogen-bond acceptors (Lipinski definition) is 2. The summed E-state index contributed by atoms with van der Waals surface area (Å²) in [6.45, 7) is 9.50. The highest BCUT2D eigenvalue weighted by molar-refractivity contribution is 5.10. The first-order valence-corrected chi connectivity index (χ1v) is 1.55. The van der Waals surface area contributed by atoms with E-state index < -0.39 is 0 Å². The Morgan fingerprint density at radius 1 is 1.33 bits per heavy atom. The Morgan fingerprint density at radius 2 is 1.33 bits per heavy atom. The lowest BCUT2D eigenvalue weighted by Crippen LogP contribution is -0.925. The van der Waals surface area contributed by atoms with Crippen LogP contribution in [0.15, 0.2) is 0 Å². The molecule has 0 saturated heterocycles. The van der Waals surface area contributed by atoms with Gasteiger partial charge in [-0.3, -0.25) is 0 Å². The summed E-state index contributed by atoms with van der Waals surface area (Å²) in [6.07, 6.45) is 0. The molecule has 2 heteroatoms. The van der Waals surface area contributed by atoms with Crippen LogP contribution in [0.5, 0.6) is 0 Å². The Labute approximate surface area is 38.4 Å². The average molecular weight is 87.1 g/mol. The van der Waals surface area contributed by atoms with Crippen LogP contribution in [-0.4, -0.2) is 6.79 Å². The van der Waals surface area contributed by atoms with Crippen molar-refractivity contribution in [3.05, 3.63) is 0 Å². The van der Waals surface area contributed by atoms with E-state index >= 15 is 0 Å². The number of carbonyl (C=O) groups excluding carboxylic acids is 1. The van der Waals surface area contributed by atoms with Gasteiger partial charge in [0.2, 0.25) is 0 Å². The molecule has 0 aliphatic heterocycles. The molecule has 0 rings (SSSR count). The number of carbonyl (C=O) groups is 1. The van der Waals surface area contributed by atoms with E-state index in [0.29, 0.717) is 0 Å². The molecule has 0 heterocycles. The van der Waals surface area contributed by atoms with Crippen LogP contribution in [0.3, 0.4) is 0 Å². The van der Waals surface area contributed by atoms with Gasteiger partial charge in [-0.25, -0.2) is 5.26 Å². The molecule has 0 spiro atoms. The molecule has 0 aromatic rings. The second kappa shape index (κ2) is 58.9. The van der Waals surface area contributed by atoms with E-state index in [9.17, 15) is 0 Å². The lowest BCUT2D eigenvalue weighted by molar-refractivity contribution is -0.0979. The molecule has 0 unspecified atom stereocenters. The van der Waals surface area contributed by atoms with Gasteiger partial charge in [-0.2, -0.15) is 0 Å². The lowest BCUT2D eigenvalue weighted by atomic mass is 11.0. The summed E-state index contributed by atoms with van der Waals surface area (Å²) >= 11 is 0. The van der Waals surface area contributed by atoms with Gasteiger partial charge in [0.15, 0.2) is 0 Å². The van der Waals surface area contributed by atoms with Gasteiger partial charge in [-0.1, -0.05) is 13.8 Å². The smallest absolute Gasteiger partial charge is 0.106 e. The van der Waals surface area contributed by atoms with Gasteiger partial charge in [0, 0.05) is 6.57 Å². The van der Waals surface area contributed by atoms with Crippen LogP contribution in [0.2, 0.25) is 0 Å². The summed E-state index contributed by atoms with van der Waals surface area (Å²) in [4.78, 5) is 8.00. The Morgan fingerprint density at radius 3 is 1.33 bits per heavy atom. The van der Waals surface area contributed by atoms with Crippen molar-refractivity contribution >= 4 is 6.79 Å². The van der Waals surface area contributed by atoms with Crippen LogP contribution in [0, 0.1) is 11.8 Å². The second-order valence-corrected chi connectivity index (χ2v) is 0. The molecule has 0 aliphatic carbocycles. The molecule has 36 valence electrons. The average Bonchev–Trinajstić information content (AvgIpc) is 1.81. The van der Waals surface area contributed by atoms with Crippen molar-refractivity contribution < 1.29 is 4.79 Å². The number of nitrogens with zero attached hydrogens (tertiary/aromatic N) is 1. The third-order valence-electron chi connectivity index (χ3n) is 0. The predicted molar refractivity (Wildman–Crippen MR) is 25.1 cm³/mol. The zero-order valence-electron chi connectivity index (χ0n) is 4.14. The Kier molecular flexibility index (Phi) is 188. The SMILES string of the molecule is C#N.C=O.CC. The van der Waals surface area contributed by atoms with Crippen molar-refractivity contribution in [1.29, 1.82) is 5.26 Å². The van der Waals surface area contributed by atoms with Gasteiger partial charge in [-0.05, 0) is 0 Å². The van der Waals surface area contributed by atoms with Crippen molar-refractivity contribution in [3.8, 4) is 6.57 Å². The fraction of sp³-hybridized carbons (Fsp3) is 0.500. The van der Waals surface area contributed by atoms with E-state index in [1.807, 2.05) is 20.6 Å². The number of hydrogen-bond donors (Lipinski definition) is 0. The summed E-state index contributed by atoms with van der Waals surface area (Å²) in [5.41, 5.74) is 0. The molecule has 0 aromatic carbocycles. The summed E-state index contributed by atoms with van der Waals surface area (Å²) in [5.74, 6) is 0. The highest BCUT2D eigenvalue weighted by Gasteiger charge is 0.932. The first kappa shape index (κ1) is 19.1. The summed E-state index contributed by atoms with van der Waals surface area (Å²) in [6, 6.07) is 0. The highest BCUT2D eigenvalue weighted by atomic mass is 16.1. The first-order chi connectivity index (χ1) is 3.00. The maximum atomic E-state index is 8.00. The molecule has 0 atom stereocenters. The summed E-state index contributed by atoms with van der Waals surface area (Å²) in [5, 5.41) is 6.50. The molecule has 0 bridgehead atoms. The molecular formula is C4H9NO. The standard InChI is InChI=1S/C2H6.CHN.CH2O/c3*1-2/h1-2H3;1H;1H2. The summed E-state index contributed by atoms with van der Waals surface area (Å²) in [7, 11) is 0. The van der Waals surface area contributed by atoms with Gasteiger partial charge in [0.1, 0.15) is 6.79 Å². The van der Waals surface area contributed by atoms with Crippen LogP contribution in [-0.2, 0) is 4.79 Å². The second-order valence-electron chi connectivity index (χ2n) is 0. The highest BCUT2D eigenvalue weighted by Crippen LogP contribution is 1.14. The van der Waals surface area contributed by atoms with Crippen LogP contribution in [0.1, 0.15) is 13.8 Å². The quantitative estimate of drug-likeness (QED) is 0.442. The number of nitriles is 1. The third kappa shape index (κ3) is 20.9. The van der Waals surface area contributed by atoms with Crippen molar-refractivity contribution in [2.75, 3.05) is 0 Å². The maximum absolute atomic E-state index is 8.00. The fourth-order valence-corrected chi connectivity index (χ4v) is 0. The van der Waals surface area contributed by atoms with Crippen molar-refractivity contribution in [3.63, 3.8) is 0 Å². The van der Waals surface area contributed by atoms with E-state index in [0.717, 1.165) is 0 Å². The lowest BCUT2D eigenvalue weighted by Gasteiger charge is -1.07. The summed E-state index contributed by atoms with van der Waals surface area (Å²) < 4.78 is 0. The molecule has 0 N–H and O–H groups in total. The van der Waals surface area contributed by atoms with Gasteiger partial charge in [0.05, 0.1) is 0 Å². The monoisotopic (exact) mass is 87.1 g/mol. The maximum Gasteiger partial charge on any atom is 0.106 e. The molecule has 0 fully saturated rings. The Balaban J connectivity index is -0.0000000225. The van der Waals surface area contributed by atoms with E-state index in [1.165, 1.54) is 0 Å². The number of rotatable bonds is 0. The minimum atomic E-state index is 2.00. The molecule has 0 aromatic heterocycles. The minimum Gasteiger partial charge on any atom is -0.307 e.